The summed E-state index contributed by atoms with van der Waals surface area (Å²) in [5.74, 6) is 7.87. The van der Waals surface area contributed by atoms with Crippen molar-refractivity contribution in [2.45, 2.75) is 33.1 Å². The van der Waals surface area contributed by atoms with Crippen LogP contribution >= 0.6 is 0 Å². The lowest BCUT2D eigenvalue weighted by Gasteiger charge is -2.35. The topological polar surface area (TPSA) is 15.7 Å². The molecular weight excluding hydrogens is 272 g/mol. The van der Waals surface area contributed by atoms with Crippen molar-refractivity contribution in [3.63, 3.8) is 0 Å². The number of rotatable bonds is 4. The van der Waals surface area contributed by atoms with E-state index in [1.807, 2.05) is 0 Å². The van der Waals surface area contributed by atoms with Gasteiger partial charge in [-0.1, -0.05) is 32.8 Å². The highest BCUT2D eigenvalue weighted by atomic mass is 16.5. The van der Waals surface area contributed by atoms with Gasteiger partial charge in [-0.05, 0) is 17.5 Å². The predicted molar refractivity (Wildman–Crippen MR) is 93.8 cm³/mol. The first-order chi connectivity index (χ1) is 10.7. The van der Waals surface area contributed by atoms with Crippen LogP contribution in [-0.4, -0.2) is 44.7 Å². The molecule has 2 rings (SSSR count). The summed E-state index contributed by atoms with van der Waals surface area (Å²) >= 11 is 0. The van der Waals surface area contributed by atoms with E-state index in [0.29, 0.717) is 5.92 Å². The van der Waals surface area contributed by atoms with E-state index in [-0.39, 0.29) is 0 Å². The molecule has 0 aromatic heterocycles. The minimum atomic E-state index is 0.484. The number of ether oxygens (including phenoxy) is 1. The maximum Gasteiger partial charge on any atom is 0.124 e. The van der Waals surface area contributed by atoms with E-state index >= 15 is 0 Å². The first-order valence-corrected chi connectivity index (χ1v) is 8.26. The molecule has 22 heavy (non-hydrogen) atoms. The van der Waals surface area contributed by atoms with Gasteiger partial charge < -0.3 is 9.64 Å². The lowest BCUT2D eigenvalue weighted by Crippen LogP contribution is -2.46. The van der Waals surface area contributed by atoms with Gasteiger partial charge in [0.15, 0.2) is 0 Å². The second kappa shape index (κ2) is 8.10. The smallest absolute Gasteiger partial charge is 0.124 e. The fraction of sp³-hybridized carbons (Fsp3) is 0.579. The number of methoxy groups -OCH3 is 1. The molecule has 1 fully saturated rings. The van der Waals surface area contributed by atoms with Gasteiger partial charge in [-0.2, -0.15) is 0 Å². The van der Waals surface area contributed by atoms with Gasteiger partial charge in [-0.25, -0.2) is 0 Å². The third kappa shape index (κ3) is 4.18. The van der Waals surface area contributed by atoms with E-state index in [1.54, 1.807) is 7.11 Å². The van der Waals surface area contributed by atoms with Crippen LogP contribution in [0, 0.1) is 11.8 Å². The van der Waals surface area contributed by atoms with E-state index in [0.717, 1.165) is 44.9 Å². The Kier molecular flexibility index (Phi) is 6.15. The number of hydrogen-bond donors (Lipinski definition) is 0. The van der Waals surface area contributed by atoms with E-state index in [9.17, 15) is 0 Å². The molecular formula is C19H28N2O. The van der Waals surface area contributed by atoms with Crippen molar-refractivity contribution in [3.8, 4) is 17.6 Å². The van der Waals surface area contributed by atoms with Crippen molar-refractivity contribution in [2.75, 3.05) is 44.7 Å². The fourth-order valence-electron chi connectivity index (χ4n) is 2.83. The molecule has 120 valence electrons. The Morgan fingerprint density at radius 2 is 1.86 bits per heavy atom. The summed E-state index contributed by atoms with van der Waals surface area (Å²) < 4.78 is 5.57. The molecule has 0 saturated carbocycles. The summed E-state index contributed by atoms with van der Waals surface area (Å²) in [6.45, 7) is 11.7. The number of anilines is 1. The lowest BCUT2D eigenvalue weighted by atomic mass is 10.0. The first-order valence-electron chi connectivity index (χ1n) is 8.26. The van der Waals surface area contributed by atoms with Gasteiger partial charge in [-0.15, -0.1) is 5.92 Å². The van der Waals surface area contributed by atoms with E-state index in [4.69, 9.17) is 4.74 Å². The zero-order chi connectivity index (χ0) is 15.9. The van der Waals surface area contributed by atoms with Crippen LogP contribution < -0.4 is 9.64 Å². The Hall–Kier alpha value is -1.66. The molecule has 0 aliphatic carbocycles. The Bertz CT molecular complexity index is 534. The second-order valence-corrected chi connectivity index (χ2v) is 6.05. The van der Waals surface area contributed by atoms with Crippen LogP contribution in [0.5, 0.6) is 5.75 Å². The summed E-state index contributed by atoms with van der Waals surface area (Å²) in [4.78, 5) is 4.87. The summed E-state index contributed by atoms with van der Waals surface area (Å²) in [5, 5.41) is 0. The quantitative estimate of drug-likeness (QED) is 0.793. The number of piperazine rings is 1. The van der Waals surface area contributed by atoms with Crippen molar-refractivity contribution < 1.29 is 4.74 Å². The molecule has 1 aliphatic heterocycles. The molecule has 0 spiro atoms. The van der Waals surface area contributed by atoms with Crippen molar-refractivity contribution in [1.82, 2.24) is 4.90 Å². The van der Waals surface area contributed by atoms with Gasteiger partial charge in [0, 0.05) is 44.4 Å². The molecule has 0 bridgehead atoms. The van der Waals surface area contributed by atoms with Crippen molar-refractivity contribution >= 4 is 5.69 Å². The molecule has 0 radical (unpaired) electrons. The van der Waals surface area contributed by atoms with Crippen LogP contribution in [-0.2, 0) is 0 Å². The largest absolute Gasteiger partial charge is 0.496 e. The predicted octanol–water partition coefficient (Wildman–Crippen LogP) is 3.35. The molecule has 0 N–H and O–H groups in total. The zero-order valence-electron chi connectivity index (χ0n) is 14.4. The average molecular weight is 300 g/mol. The van der Waals surface area contributed by atoms with Crippen molar-refractivity contribution in [3.05, 3.63) is 23.8 Å². The first kappa shape index (κ1) is 16.7. The van der Waals surface area contributed by atoms with Gasteiger partial charge >= 0.3 is 0 Å². The third-order valence-electron chi connectivity index (χ3n) is 4.18. The van der Waals surface area contributed by atoms with E-state index < -0.39 is 0 Å². The molecule has 3 heteroatoms. The van der Waals surface area contributed by atoms with Crippen molar-refractivity contribution in [2.24, 2.45) is 0 Å². The maximum absolute atomic E-state index is 5.57. The van der Waals surface area contributed by atoms with Crippen LogP contribution in [0.1, 0.15) is 38.7 Å². The van der Waals surface area contributed by atoms with Crippen LogP contribution in [0.25, 0.3) is 0 Å². The molecule has 1 heterocycles. The number of hydrogen-bond acceptors (Lipinski definition) is 3. The van der Waals surface area contributed by atoms with Gasteiger partial charge in [0.1, 0.15) is 5.75 Å². The Morgan fingerprint density at radius 3 is 2.45 bits per heavy atom. The molecule has 1 aliphatic rings. The van der Waals surface area contributed by atoms with Crippen molar-refractivity contribution in [1.29, 1.82) is 0 Å². The Labute approximate surface area is 135 Å². The standard InChI is InChI=1S/C19H28N2O/c1-5-6-7-10-20-11-13-21(14-12-20)17-8-9-18(16(2)3)19(15-17)22-4/h8-9,15-16H,5,10-14H2,1-4H3. The van der Waals surface area contributed by atoms with Crippen LogP contribution in [0.2, 0.25) is 0 Å². The van der Waals surface area contributed by atoms with Gasteiger partial charge in [-0.3, -0.25) is 4.90 Å². The molecule has 0 amide bonds. The Balaban J connectivity index is 1.99. The summed E-state index contributed by atoms with van der Waals surface area (Å²) in [6, 6.07) is 6.62. The van der Waals surface area contributed by atoms with Gasteiger partial charge in [0.25, 0.3) is 0 Å². The maximum atomic E-state index is 5.57. The average Bonchev–Trinajstić information content (AvgIpc) is 2.55. The van der Waals surface area contributed by atoms with Gasteiger partial charge in [0.2, 0.25) is 0 Å². The lowest BCUT2D eigenvalue weighted by molar-refractivity contribution is 0.288. The fourth-order valence-corrected chi connectivity index (χ4v) is 2.83. The van der Waals surface area contributed by atoms with Gasteiger partial charge in [0.05, 0.1) is 13.7 Å². The SMILES string of the molecule is CCC#CCN1CCN(c2ccc(C(C)C)c(OC)c2)CC1. The molecule has 0 atom stereocenters. The van der Waals surface area contributed by atoms with E-state index in [2.05, 4.69) is 60.6 Å². The molecule has 1 aromatic rings. The normalized spacial score (nSPS) is 15.6. The molecule has 0 unspecified atom stereocenters. The molecule has 1 saturated heterocycles. The summed E-state index contributed by atoms with van der Waals surface area (Å²) in [6.07, 6.45) is 0.946. The Morgan fingerprint density at radius 1 is 1.14 bits per heavy atom. The highest BCUT2D eigenvalue weighted by molar-refractivity contribution is 5.55. The minimum absolute atomic E-state index is 0.484. The number of benzene rings is 1. The third-order valence-corrected chi connectivity index (χ3v) is 4.18. The highest BCUT2D eigenvalue weighted by Crippen LogP contribution is 2.31. The number of nitrogens with zero attached hydrogens (tertiary/aromatic N) is 2. The summed E-state index contributed by atoms with van der Waals surface area (Å²) in [5.41, 5.74) is 2.54. The summed E-state index contributed by atoms with van der Waals surface area (Å²) in [7, 11) is 1.76. The van der Waals surface area contributed by atoms with Crippen LogP contribution in [0.3, 0.4) is 0 Å². The van der Waals surface area contributed by atoms with E-state index in [1.165, 1.54) is 11.3 Å². The minimum Gasteiger partial charge on any atom is -0.496 e. The second-order valence-electron chi connectivity index (χ2n) is 6.05. The van der Waals surface area contributed by atoms with Crippen LogP contribution in [0.15, 0.2) is 18.2 Å². The monoisotopic (exact) mass is 300 g/mol. The van der Waals surface area contributed by atoms with Crippen LogP contribution in [0.4, 0.5) is 5.69 Å². The molecule has 1 aromatic carbocycles. The molecule has 3 nitrogen and oxygen atoms in total. The highest BCUT2D eigenvalue weighted by Gasteiger charge is 2.18. The zero-order valence-corrected chi connectivity index (χ0v) is 14.4.